The van der Waals surface area contributed by atoms with Gasteiger partial charge in [0.2, 0.25) is 5.91 Å². The van der Waals surface area contributed by atoms with Crippen LogP contribution in [0.1, 0.15) is 23.0 Å². The fourth-order valence-electron chi connectivity index (χ4n) is 3.11. The van der Waals surface area contributed by atoms with E-state index in [1.165, 1.54) is 12.3 Å². The molecule has 162 valence electrons. The number of nitrogens with zero attached hydrogens (tertiary/aromatic N) is 2. The number of amides is 1. The molecule has 1 fully saturated rings. The van der Waals surface area contributed by atoms with Gasteiger partial charge in [0.25, 0.3) is 0 Å². The van der Waals surface area contributed by atoms with Gasteiger partial charge in [-0.2, -0.15) is 13.2 Å². The molecule has 1 aromatic carbocycles. The maximum Gasteiger partial charge on any atom is 0.416 e. The van der Waals surface area contributed by atoms with Crippen LogP contribution < -0.4 is 10.6 Å². The van der Waals surface area contributed by atoms with Gasteiger partial charge < -0.3 is 24.7 Å². The number of rotatable bonds is 5. The largest absolute Gasteiger partial charge is 0.467 e. The highest BCUT2D eigenvalue weighted by molar-refractivity contribution is 5.86. The maximum absolute atomic E-state index is 13.0. The predicted molar refractivity (Wildman–Crippen MR) is 104 cm³/mol. The van der Waals surface area contributed by atoms with Crippen molar-refractivity contribution in [1.29, 1.82) is 0 Å². The van der Waals surface area contributed by atoms with E-state index in [0.717, 1.165) is 12.1 Å². The normalized spacial score (nSPS) is 17.7. The van der Waals surface area contributed by atoms with E-state index in [0.29, 0.717) is 37.0 Å². The predicted octanol–water partition coefficient (Wildman–Crippen LogP) is 2.56. The van der Waals surface area contributed by atoms with Crippen LogP contribution in [0.2, 0.25) is 0 Å². The van der Waals surface area contributed by atoms with Crippen LogP contribution in [0.5, 0.6) is 0 Å². The van der Waals surface area contributed by atoms with E-state index < -0.39 is 17.8 Å². The molecule has 2 aromatic rings. The zero-order valence-corrected chi connectivity index (χ0v) is 16.4. The van der Waals surface area contributed by atoms with Gasteiger partial charge in [-0.15, -0.1) is 0 Å². The van der Waals surface area contributed by atoms with E-state index in [9.17, 15) is 18.0 Å². The van der Waals surface area contributed by atoms with Gasteiger partial charge in [-0.1, -0.05) is 12.1 Å². The molecular formula is C20H23F3N4O3. The number of nitrogens with one attached hydrogen (secondary N) is 2. The summed E-state index contributed by atoms with van der Waals surface area (Å²) in [6, 6.07) is 8.62. The third-order valence-corrected chi connectivity index (χ3v) is 4.61. The number of aliphatic imine (C=N–C) groups is 1. The van der Waals surface area contributed by atoms with Gasteiger partial charge in [0, 0.05) is 13.6 Å². The maximum atomic E-state index is 13.0. The number of carbonyl (C=O) groups excluding carboxylic acids is 1. The molecule has 10 heteroatoms. The van der Waals surface area contributed by atoms with Crippen molar-refractivity contribution >= 4 is 11.9 Å². The number of morpholine rings is 1. The second-order valence-corrected chi connectivity index (χ2v) is 6.69. The number of hydrogen-bond acceptors (Lipinski definition) is 4. The van der Waals surface area contributed by atoms with E-state index in [-0.39, 0.29) is 19.0 Å². The lowest BCUT2D eigenvalue weighted by atomic mass is 10.0. The number of guanidine groups is 1. The Morgan fingerprint density at radius 2 is 2.10 bits per heavy atom. The van der Waals surface area contributed by atoms with E-state index in [4.69, 9.17) is 9.15 Å². The lowest BCUT2D eigenvalue weighted by molar-refractivity contribution is -0.137. The zero-order chi connectivity index (χ0) is 21.6. The fraction of sp³-hybridized carbons (Fsp3) is 0.400. The fourth-order valence-corrected chi connectivity index (χ4v) is 3.11. The molecule has 7 nitrogen and oxygen atoms in total. The molecule has 2 heterocycles. The molecule has 1 aliphatic heterocycles. The summed E-state index contributed by atoms with van der Waals surface area (Å²) in [7, 11) is 1.58. The number of ether oxygens (including phenoxy) is 1. The molecule has 3 rings (SSSR count). The minimum absolute atomic E-state index is 0.00103. The van der Waals surface area contributed by atoms with Crippen molar-refractivity contribution < 1.29 is 27.1 Å². The Bertz CT molecular complexity index is 868. The van der Waals surface area contributed by atoms with Gasteiger partial charge in [-0.25, -0.2) is 0 Å². The Balaban J connectivity index is 1.56. The van der Waals surface area contributed by atoms with Crippen LogP contribution in [0.4, 0.5) is 13.2 Å². The zero-order valence-electron chi connectivity index (χ0n) is 16.4. The van der Waals surface area contributed by atoms with Crippen LogP contribution in [-0.2, 0) is 22.3 Å². The van der Waals surface area contributed by atoms with Crippen molar-refractivity contribution in [2.24, 2.45) is 4.99 Å². The first-order valence-electron chi connectivity index (χ1n) is 9.40. The van der Waals surface area contributed by atoms with Gasteiger partial charge in [-0.05, 0) is 29.8 Å². The molecular weight excluding hydrogens is 401 g/mol. The number of carbonyl (C=O) groups is 1. The van der Waals surface area contributed by atoms with Crippen LogP contribution in [0.3, 0.4) is 0 Å². The van der Waals surface area contributed by atoms with Crippen molar-refractivity contribution in [2.75, 3.05) is 33.3 Å². The number of furan rings is 1. The highest BCUT2D eigenvalue weighted by Crippen LogP contribution is 2.32. The molecule has 0 aliphatic carbocycles. The average molecular weight is 424 g/mol. The molecule has 1 unspecified atom stereocenters. The Kier molecular flexibility index (Phi) is 6.99. The molecule has 1 saturated heterocycles. The smallest absolute Gasteiger partial charge is 0.416 e. The molecule has 1 amide bonds. The molecule has 30 heavy (non-hydrogen) atoms. The summed E-state index contributed by atoms with van der Waals surface area (Å²) in [5.74, 6) is 0.878. The van der Waals surface area contributed by atoms with Crippen LogP contribution in [0, 0.1) is 0 Å². The standard InChI is InChI=1S/C20H23F3N4O3/c1-24-19(26-12-18(28)25-11-16-6-3-8-29-16)27-7-9-30-17(13-27)14-4-2-5-15(10-14)20(21,22)23/h2-6,8,10,17H,7,9,11-13H2,1H3,(H,24,26)(H,25,28). The summed E-state index contributed by atoms with van der Waals surface area (Å²) in [5, 5.41) is 5.70. The average Bonchev–Trinajstić information content (AvgIpc) is 3.26. The molecule has 1 aromatic heterocycles. The van der Waals surface area contributed by atoms with Gasteiger partial charge >= 0.3 is 6.18 Å². The quantitative estimate of drug-likeness (QED) is 0.570. The first-order valence-corrected chi connectivity index (χ1v) is 9.40. The van der Waals surface area contributed by atoms with Crippen molar-refractivity contribution in [3.63, 3.8) is 0 Å². The molecule has 0 radical (unpaired) electrons. The van der Waals surface area contributed by atoms with Crippen LogP contribution in [-0.4, -0.2) is 50.1 Å². The first kappa shape index (κ1) is 21.7. The van der Waals surface area contributed by atoms with E-state index in [2.05, 4.69) is 15.6 Å². The van der Waals surface area contributed by atoms with E-state index >= 15 is 0 Å². The Labute approximate surface area is 171 Å². The van der Waals surface area contributed by atoms with Crippen LogP contribution in [0.25, 0.3) is 0 Å². The van der Waals surface area contributed by atoms with E-state index in [1.54, 1.807) is 25.2 Å². The van der Waals surface area contributed by atoms with Crippen molar-refractivity contribution in [1.82, 2.24) is 15.5 Å². The van der Waals surface area contributed by atoms with Gasteiger partial charge in [-0.3, -0.25) is 9.79 Å². The summed E-state index contributed by atoms with van der Waals surface area (Å²) in [6.07, 6.45) is -3.42. The summed E-state index contributed by atoms with van der Waals surface area (Å²) in [5.41, 5.74) is -0.266. The van der Waals surface area contributed by atoms with Gasteiger partial charge in [0.05, 0.1) is 38.1 Å². The lowest BCUT2D eigenvalue weighted by Crippen LogP contribution is -2.50. The Hall–Kier alpha value is -3.01. The highest BCUT2D eigenvalue weighted by atomic mass is 19.4. The number of benzene rings is 1. The second kappa shape index (κ2) is 9.66. The Morgan fingerprint density at radius 3 is 2.80 bits per heavy atom. The van der Waals surface area contributed by atoms with Crippen molar-refractivity contribution in [3.8, 4) is 0 Å². The lowest BCUT2D eigenvalue weighted by Gasteiger charge is -2.35. The Morgan fingerprint density at radius 1 is 1.27 bits per heavy atom. The second-order valence-electron chi connectivity index (χ2n) is 6.69. The summed E-state index contributed by atoms with van der Waals surface area (Å²) < 4.78 is 49.8. The molecule has 0 spiro atoms. The molecule has 1 atom stereocenters. The van der Waals surface area contributed by atoms with Crippen molar-refractivity contribution in [2.45, 2.75) is 18.8 Å². The SMILES string of the molecule is CN=C(NCC(=O)NCc1ccco1)N1CCOC(c2cccc(C(F)(F)F)c2)C1. The minimum atomic E-state index is -4.41. The number of halogens is 3. The van der Waals surface area contributed by atoms with Gasteiger partial charge in [0.1, 0.15) is 11.9 Å². The molecule has 0 bridgehead atoms. The number of hydrogen-bond donors (Lipinski definition) is 2. The summed E-state index contributed by atoms with van der Waals surface area (Å²) in [6.45, 7) is 1.42. The summed E-state index contributed by atoms with van der Waals surface area (Å²) in [4.78, 5) is 18.1. The highest BCUT2D eigenvalue weighted by Gasteiger charge is 2.32. The molecule has 2 N–H and O–H groups in total. The topological polar surface area (TPSA) is 79.1 Å². The number of alkyl halides is 3. The third kappa shape index (κ3) is 5.76. The van der Waals surface area contributed by atoms with E-state index in [1.807, 2.05) is 4.90 Å². The first-order chi connectivity index (χ1) is 14.4. The summed E-state index contributed by atoms with van der Waals surface area (Å²) >= 11 is 0. The molecule has 1 aliphatic rings. The monoisotopic (exact) mass is 424 g/mol. The van der Waals surface area contributed by atoms with Crippen LogP contribution in [0.15, 0.2) is 52.1 Å². The third-order valence-electron chi connectivity index (χ3n) is 4.61. The van der Waals surface area contributed by atoms with Crippen LogP contribution >= 0.6 is 0 Å². The molecule has 0 saturated carbocycles. The minimum Gasteiger partial charge on any atom is -0.467 e. The van der Waals surface area contributed by atoms with Gasteiger partial charge in [0.15, 0.2) is 5.96 Å². The van der Waals surface area contributed by atoms with Crippen molar-refractivity contribution in [3.05, 3.63) is 59.5 Å².